The third-order valence-electron chi connectivity index (χ3n) is 1.50. The van der Waals surface area contributed by atoms with Gasteiger partial charge in [-0.05, 0) is 18.3 Å². The van der Waals surface area contributed by atoms with Gasteiger partial charge in [-0.1, -0.05) is 34.1 Å². The minimum absolute atomic E-state index is 0.494. The first-order chi connectivity index (χ1) is 6.74. The van der Waals surface area contributed by atoms with Crippen LogP contribution in [0.2, 0.25) is 0 Å². The Kier molecular flexibility index (Phi) is 4.55. The molecule has 0 aliphatic rings. The summed E-state index contributed by atoms with van der Waals surface area (Å²) in [7, 11) is 1.74. The fraction of sp³-hybridized carbons (Fsp3) is 0.111. The van der Waals surface area contributed by atoms with Crippen LogP contribution < -0.4 is 10.7 Å². The summed E-state index contributed by atoms with van der Waals surface area (Å²) in [5, 5.41) is 7.22. The van der Waals surface area contributed by atoms with Crippen molar-refractivity contribution in [2.24, 2.45) is 5.10 Å². The average molecular weight is 272 g/mol. The van der Waals surface area contributed by atoms with E-state index in [1.165, 1.54) is 0 Å². The first kappa shape index (κ1) is 11.1. The molecule has 0 saturated heterocycles. The maximum Gasteiger partial charge on any atom is 0.186 e. The molecular formula is C9H10BrN3S. The lowest BCUT2D eigenvalue weighted by atomic mass is 10.2. The highest BCUT2D eigenvalue weighted by Crippen LogP contribution is 2.13. The molecular weight excluding hydrogens is 262 g/mol. The van der Waals surface area contributed by atoms with Crippen LogP contribution in [0.3, 0.4) is 0 Å². The van der Waals surface area contributed by atoms with Gasteiger partial charge in [-0.2, -0.15) is 5.10 Å². The molecule has 2 N–H and O–H groups in total. The molecule has 1 aromatic carbocycles. The van der Waals surface area contributed by atoms with E-state index in [-0.39, 0.29) is 0 Å². The Morgan fingerprint density at radius 1 is 1.50 bits per heavy atom. The van der Waals surface area contributed by atoms with Crippen molar-refractivity contribution in [3.05, 3.63) is 34.3 Å². The van der Waals surface area contributed by atoms with Gasteiger partial charge in [0.15, 0.2) is 5.11 Å². The van der Waals surface area contributed by atoms with Crippen LogP contribution in [0.4, 0.5) is 0 Å². The van der Waals surface area contributed by atoms with Gasteiger partial charge in [0.1, 0.15) is 0 Å². The van der Waals surface area contributed by atoms with Crippen molar-refractivity contribution in [2.45, 2.75) is 0 Å². The Labute approximate surface area is 96.7 Å². The molecule has 3 nitrogen and oxygen atoms in total. The van der Waals surface area contributed by atoms with Crippen LogP contribution in [0.5, 0.6) is 0 Å². The first-order valence-electron chi connectivity index (χ1n) is 3.99. The Hall–Kier alpha value is -0.940. The fourth-order valence-electron chi connectivity index (χ4n) is 0.796. The van der Waals surface area contributed by atoms with Crippen LogP contribution in [0.1, 0.15) is 5.56 Å². The van der Waals surface area contributed by atoms with Crippen LogP contribution in [-0.4, -0.2) is 18.4 Å². The molecule has 0 atom stereocenters. The van der Waals surface area contributed by atoms with Gasteiger partial charge in [0.2, 0.25) is 0 Å². The summed E-state index contributed by atoms with van der Waals surface area (Å²) in [6.07, 6.45) is 1.70. The summed E-state index contributed by atoms with van der Waals surface area (Å²) < 4.78 is 1.00. The number of benzene rings is 1. The van der Waals surface area contributed by atoms with E-state index in [1.807, 2.05) is 24.3 Å². The summed E-state index contributed by atoms with van der Waals surface area (Å²) in [5.41, 5.74) is 3.68. The molecule has 0 aliphatic carbocycles. The van der Waals surface area contributed by atoms with E-state index in [0.29, 0.717) is 5.11 Å². The van der Waals surface area contributed by atoms with E-state index in [1.54, 1.807) is 13.3 Å². The van der Waals surface area contributed by atoms with Crippen LogP contribution in [0, 0.1) is 0 Å². The van der Waals surface area contributed by atoms with Gasteiger partial charge in [-0.3, -0.25) is 5.43 Å². The van der Waals surface area contributed by atoms with Gasteiger partial charge < -0.3 is 5.32 Å². The molecule has 0 radical (unpaired) electrons. The van der Waals surface area contributed by atoms with Crippen molar-refractivity contribution in [1.82, 2.24) is 10.7 Å². The third-order valence-corrected chi connectivity index (χ3v) is 2.52. The molecule has 5 heteroatoms. The Balaban J connectivity index is 2.60. The number of hydrogen-bond donors (Lipinski definition) is 2. The molecule has 0 aromatic heterocycles. The van der Waals surface area contributed by atoms with Crippen LogP contribution in [-0.2, 0) is 0 Å². The monoisotopic (exact) mass is 271 g/mol. The maximum absolute atomic E-state index is 4.86. The molecule has 0 fully saturated rings. The van der Waals surface area contributed by atoms with E-state index in [0.717, 1.165) is 10.0 Å². The van der Waals surface area contributed by atoms with Crippen molar-refractivity contribution in [3.8, 4) is 0 Å². The Morgan fingerprint density at radius 2 is 2.21 bits per heavy atom. The topological polar surface area (TPSA) is 36.4 Å². The number of halogens is 1. The summed E-state index contributed by atoms with van der Waals surface area (Å²) in [6.45, 7) is 0. The maximum atomic E-state index is 4.86. The van der Waals surface area contributed by atoms with Crippen molar-refractivity contribution in [1.29, 1.82) is 0 Å². The Bertz CT molecular complexity index is 352. The number of nitrogens with zero attached hydrogens (tertiary/aromatic N) is 1. The zero-order valence-electron chi connectivity index (χ0n) is 7.62. The van der Waals surface area contributed by atoms with Crippen molar-refractivity contribution >= 4 is 39.5 Å². The van der Waals surface area contributed by atoms with E-state index in [9.17, 15) is 0 Å². The predicted octanol–water partition coefficient (Wildman–Crippen LogP) is 1.88. The van der Waals surface area contributed by atoms with Crippen molar-refractivity contribution < 1.29 is 0 Å². The van der Waals surface area contributed by atoms with Gasteiger partial charge in [0, 0.05) is 17.1 Å². The molecule has 1 rings (SSSR count). The molecule has 14 heavy (non-hydrogen) atoms. The normalized spacial score (nSPS) is 10.1. The lowest BCUT2D eigenvalue weighted by molar-refractivity contribution is 0.982. The van der Waals surface area contributed by atoms with Crippen molar-refractivity contribution in [2.75, 3.05) is 7.05 Å². The van der Waals surface area contributed by atoms with E-state index in [4.69, 9.17) is 12.2 Å². The molecule has 0 saturated carbocycles. The van der Waals surface area contributed by atoms with Gasteiger partial charge in [-0.15, -0.1) is 0 Å². The van der Waals surface area contributed by atoms with E-state index in [2.05, 4.69) is 31.8 Å². The molecule has 0 spiro atoms. The van der Waals surface area contributed by atoms with Crippen LogP contribution >= 0.6 is 28.1 Å². The number of nitrogens with one attached hydrogen (secondary N) is 2. The third kappa shape index (κ3) is 3.43. The number of rotatable bonds is 2. The van der Waals surface area contributed by atoms with E-state index < -0.39 is 0 Å². The SMILES string of the molecule is CNC(=S)N/N=C\c1ccccc1Br. The van der Waals surface area contributed by atoms with Gasteiger partial charge in [-0.25, -0.2) is 0 Å². The molecule has 0 bridgehead atoms. The lowest BCUT2D eigenvalue weighted by Crippen LogP contribution is -2.28. The highest BCUT2D eigenvalue weighted by atomic mass is 79.9. The molecule has 0 aliphatic heterocycles. The highest BCUT2D eigenvalue weighted by molar-refractivity contribution is 9.10. The lowest BCUT2D eigenvalue weighted by Gasteiger charge is -2.00. The van der Waals surface area contributed by atoms with Gasteiger partial charge >= 0.3 is 0 Å². The largest absolute Gasteiger partial charge is 0.364 e. The molecule has 0 amide bonds. The highest BCUT2D eigenvalue weighted by Gasteiger charge is 1.93. The molecule has 0 unspecified atom stereocenters. The smallest absolute Gasteiger partial charge is 0.186 e. The minimum Gasteiger partial charge on any atom is -0.364 e. The second kappa shape index (κ2) is 5.72. The second-order valence-corrected chi connectivity index (χ2v) is 3.73. The van der Waals surface area contributed by atoms with Crippen LogP contribution in [0.15, 0.2) is 33.8 Å². The van der Waals surface area contributed by atoms with Gasteiger partial charge in [0.25, 0.3) is 0 Å². The second-order valence-electron chi connectivity index (χ2n) is 2.47. The van der Waals surface area contributed by atoms with Gasteiger partial charge in [0.05, 0.1) is 6.21 Å². The number of hydrogen-bond acceptors (Lipinski definition) is 2. The number of hydrazone groups is 1. The first-order valence-corrected chi connectivity index (χ1v) is 5.19. The summed E-state index contributed by atoms with van der Waals surface area (Å²) in [4.78, 5) is 0. The average Bonchev–Trinajstić information content (AvgIpc) is 2.20. The van der Waals surface area contributed by atoms with Crippen molar-refractivity contribution in [3.63, 3.8) is 0 Å². The number of thiocarbonyl (C=S) groups is 1. The molecule has 1 aromatic rings. The summed E-state index contributed by atoms with van der Waals surface area (Å²) in [5.74, 6) is 0. The summed E-state index contributed by atoms with van der Waals surface area (Å²) in [6, 6.07) is 7.81. The van der Waals surface area contributed by atoms with Crippen LogP contribution in [0.25, 0.3) is 0 Å². The quantitative estimate of drug-likeness (QED) is 0.490. The predicted molar refractivity (Wildman–Crippen MR) is 66.5 cm³/mol. The van der Waals surface area contributed by atoms with E-state index >= 15 is 0 Å². The summed E-state index contributed by atoms with van der Waals surface area (Å²) >= 11 is 8.27. The molecule has 74 valence electrons. The standard InChI is InChI=1S/C9H10BrN3S/c1-11-9(14)13-12-6-7-4-2-3-5-8(7)10/h2-6H,1H3,(H2,11,13,14)/b12-6-. The fourth-order valence-corrected chi connectivity index (χ4v) is 1.24. The molecule has 0 heterocycles. The minimum atomic E-state index is 0.494. The Morgan fingerprint density at radius 3 is 2.86 bits per heavy atom. The zero-order valence-corrected chi connectivity index (χ0v) is 10.0. The zero-order chi connectivity index (χ0) is 10.4.